The first-order chi connectivity index (χ1) is 9.35. The number of nitrogens with zero attached hydrogens (tertiary/aromatic N) is 2. The van der Waals surface area contributed by atoms with Gasteiger partial charge in [0.2, 0.25) is 0 Å². The van der Waals surface area contributed by atoms with Crippen LogP contribution in [-0.2, 0) is 11.2 Å². The van der Waals surface area contributed by atoms with Crippen LogP contribution in [0, 0.1) is 0 Å². The second-order valence-electron chi connectivity index (χ2n) is 6.46. The van der Waals surface area contributed by atoms with Crippen molar-refractivity contribution in [2.24, 2.45) is 0 Å². The van der Waals surface area contributed by atoms with Crippen molar-refractivity contribution in [2.45, 2.75) is 57.7 Å². The lowest BCUT2D eigenvalue weighted by molar-refractivity contribution is 0.0122. The number of carbonyl (C=O) groups is 1. The molecule has 1 aromatic rings. The first kappa shape index (κ1) is 13.1. The van der Waals surface area contributed by atoms with Gasteiger partial charge in [-0.15, -0.1) is 0 Å². The van der Waals surface area contributed by atoms with Gasteiger partial charge in [0.25, 0.3) is 0 Å². The Hall–Kier alpha value is -1.85. The Morgan fingerprint density at radius 1 is 1.45 bits per heavy atom. The predicted octanol–water partition coefficient (Wildman–Crippen LogP) is 1.77. The number of amides is 1. The van der Waals surface area contributed by atoms with Crippen molar-refractivity contribution in [2.75, 3.05) is 0 Å². The highest BCUT2D eigenvalue weighted by Crippen LogP contribution is 2.43. The SMILES string of the molecule is CC(C)(C)OC(=O)N1C2CCC1c1cnc(=O)[nH]c1C2. The fourth-order valence-electron chi connectivity index (χ4n) is 3.11. The van der Waals surface area contributed by atoms with E-state index in [4.69, 9.17) is 4.74 Å². The van der Waals surface area contributed by atoms with Gasteiger partial charge >= 0.3 is 11.8 Å². The third kappa shape index (κ3) is 2.19. The molecule has 3 rings (SSSR count). The van der Waals surface area contributed by atoms with E-state index in [0.29, 0.717) is 6.42 Å². The molecule has 0 radical (unpaired) electrons. The van der Waals surface area contributed by atoms with Crippen molar-refractivity contribution in [3.63, 3.8) is 0 Å². The van der Waals surface area contributed by atoms with Gasteiger partial charge in [-0.1, -0.05) is 0 Å². The van der Waals surface area contributed by atoms with Crippen molar-refractivity contribution in [1.29, 1.82) is 0 Å². The quantitative estimate of drug-likeness (QED) is 0.784. The van der Waals surface area contributed by atoms with Gasteiger partial charge < -0.3 is 9.72 Å². The Morgan fingerprint density at radius 2 is 2.20 bits per heavy atom. The molecule has 0 aliphatic carbocycles. The fourth-order valence-corrected chi connectivity index (χ4v) is 3.11. The second kappa shape index (κ2) is 4.33. The minimum atomic E-state index is -0.500. The summed E-state index contributed by atoms with van der Waals surface area (Å²) in [6, 6.07) is 0.0864. The zero-order valence-electron chi connectivity index (χ0n) is 12.0. The molecule has 6 nitrogen and oxygen atoms in total. The molecule has 0 spiro atoms. The number of hydrogen-bond donors (Lipinski definition) is 1. The first-order valence-electron chi connectivity index (χ1n) is 6.94. The number of aromatic amines is 1. The number of H-pyrrole nitrogens is 1. The van der Waals surface area contributed by atoms with Crippen LogP contribution in [0.3, 0.4) is 0 Å². The molecule has 2 unspecified atom stereocenters. The molecule has 2 atom stereocenters. The third-order valence-electron chi connectivity index (χ3n) is 3.83. The number of rotatable bonds is 0. The zero-order chi connectivity index (χ0) is 14.5. The van der Waals surface area contributed by atoms with Crippen molar-refractivity contribution in [3.05, 3.63) is 27.9 Å². The molecule has 108 valence electrons. The van der Waals surface area contributed by atoms with Gasteiger partial charge in [-0.05, 0) is 33.6 Å². The second-order valence-corrected chi connectivity index (χ2v) is 6.46. The van der Waals surface area contributed by atoms with Crippen LogP contribution in [0.2, 0.25) is 0 Å². The Morgan fingerprint density at radius 3 is 2.90 bits per heavy atom. The molecule has 20 heavy (non-hydrogen) atoms. The molecule has 2 aliphatic rings. The molecule has 1 aromatic heterocycles. The summed E-state index contributed by atoms with van der Waals surface area (Å²) >= 11 is 0. The van der Waals surface area contributed by atoms with E-state index in [2.05, 4.69) is 9.97 Å². The molecule has 3 heterocycles. The largest absolute Gasteiger partial charge is 0.444 e. The highest BCUT2D eigenvalue weighted by Gasteiger charge is 2.44. The summed E-state index contributed by atoms with van der Waals surface area (Å²) in [4.78, 5) is 32.1. The van der Waals surface area contributed by atoms with Crippen molar-refractivity contribution >= 4 is 6.09 Å². The maximum absolute atomic E-state index is 12.4. The summed E-state index contributed by atoms with van der Waals surface area (Å²) in [5.41, 5.74) is 1.04. The smallest absolute Gasteiger partial charge is 0.411 e. The number of fused-ring (bicyclic) bond motifs is 4. The molecular weight excluding hydrogens is 258 g/mol. The molecule has 2 aliphatic heterocycles. The number of carbonyl (C=O) groups excluding carboxylic acids is 1. The standard InChI is InChI=1S/C14H19N3O3/c1-14(2,3)20-13(19)17-8-4-5-11(17)9-7-15-12(18)16-10(9)6-8/h7-8,11H,4-6H2,1-3H3,(H,15,16,18). The average Bonchev–Trinajstić information content (AvgIpc) is 2.63. The van der Waals surface area contributed by atoms with Crippen molar-refractivity contribution < 1.29 is 9.53 Å². The van der Waals surface area contributed by atoms with E-state index in [-0.39, 0.29) is 23.9 Å². The maximum Gasteiger partial charge on any atom is 0.411 e. The summed E-state index contributed by atoms with van der Waals surface area (Å²) < 4.78 is 5.49. The van der Waals surface area contributed by atoms with E-state index in [1.807, 2.05) is 25.7 Å². The van der Waals surface area contributed by atoms with Crippen LogP contribution >= 0.6 is 0 Å². The Bertz CT molecular complexity index is 602. The normalized spacial score (nSPS) is 24.4. The molecule has 2 bridgehead atoms. The van der Waals surface area contributed by atoms with Crippen LogP contribution in [0.5, 0.6) is 0 Å². The van der Waals surface area contributed by atoms with Gasteiger partial charge in [-0.25, -0.2) is 14.6 Å². The Balaban J connectivity index is 1.91. The topological polar surface area (TPSA) is 75.3 Å². The monoisotopic (exact) mass is 277 g/mol. The molecular formula is C14H19N3O3. The lowest BCUT2D eigenvalue weighted by Gasteiger charge is -2.36. The van der Waals surface area contributed by atoms with Gasteiger partial charge in [-0.2, -0.15) is 0 Å². The number of hydrogen-bond acceptors (Lipinski definition) is 4. The summed E-state index contributed by atoms with van der Waals surface area (Å²) in [6.07, 6.45) is 3.81. The highest BCUT2D eigenvalue weighted by molar-refractivity contribution is 5.70. The molecule has 0 saturated carbocycles. The van der Waals surface area contributed by atoms with Crippen LogP contribution in [-0.4, -0.2) is 32.6 Å². The fraction of sp³-hybridized carbons (Fsp3) is 0.643. The molecule has 1 fully saturated rings. The van der Waals surface area contributed by atoms with Crippen LogP contribution < -0.4 is 5.69 Å². The van der Waals surface area contributed by atoms with Crippen LogP contribution in [0.25, 0.3) is 0 Å². The third-order valence-corrected chi connectivity index (χ3v) is 3.83. The van der Waals surface area contributed by atoms with Gasteiger partial charge in [0, 0.05) is 29.9 Å². The average molecular weight is 277 g/mol. The highest BCUT2D eigenvalue weighted by atomic mass is 16.6. The molecule has 1 saturated heterocycles. The van der Waals surface area contributed by atoms with Gasteiger partial charge in [0.05, 0.1) is 6.04 Å². The molecule has 1 N–H and O–H groups in total. The lowest BCUT2D eigenvalue weighted by atomic mass is 10.00. The van der Waals surface area contributed by atoms with Crippen LogP contribution in [0.4, 0.5) is 4.79 Å². The number of nitrogens with one attached hydrogen (secondary N) is 1. The summed E-state index contributed by atoms with van der Waals surface area (Å²) in [5.74, 6) is 0. The lowest BCUT2D eigenvalue weighted by Crippen LogP contribution is -2.45. The van der Waals surface area contributed by atoms with E-state index >= 15 is 0 Å². The summed E-state index contributed by atoms with van der Waals surface area (Å²) in [5, 5.41) is 0. The van der Waals surface area contributed by atoms with E-state index < -0.39 is 5.60 Å². The zero-order valence-corrected chi connectivity index (χ0v) is 12.0. The number of ether oxygens (including phenoxy) is 1. The van der Waals surface area contributed by atoms with E-state index in [0.717, 1.165) is 24.1 Å². The predicted molar refractivity (Wildman–Crippen MR) is 72.4 cm³/mol. The minimum absolute atomic E-state index is 0.0250. The van der Waals surface area contributed by atoms with Crippen LogP contribution in [0.15, 0.2) is 11.0 Å². The van der Waals surface area contributed by atoms with Crippen molar-refractivity contribution in [1.82, 2.24) is 14.9 Å². The first-order valence-corrected chi connectivity index (χ1v) is 6.94. The Labute approximate surface area is 117 Å². The molecule has 0 aromatic carbocycles. The molecule has 1 amide bonds. The van der Waals surface area contributed by atoms with Gasteiger partial charge in [0.15, 0.2) is 0 Å². The maximum atomic E-state index is 12.4. The van der Waals surface area contributed by atoms with E-state index in [1.165, 1.54) is 0 Å². The van der Waals surface area contributed by atoms with Crippen LogP contribution in [0.1, 0.15) is 50.9 Å². The summed E-state index contributed by atoms with van der Waals surface area (Å²) in [7, 11) is 0. The van der Waals surface area contributed by atoms with Crippen molar-refractivity contribution in [3.8, 4) is 0 Å². The minimum Gasteiger partial charge on any atom is -0.444 e. The van der Waals surface area contributed by atoms with E-state index in [1.54, 1.807) is 6.20 Å². The number of aromatic nitrogens is 2. The Kier molecular flexibility index (Phi) is 2.84. The molecule has 6 heteroatoms. The summed E-state index contributed by atoms with van der Waals surface area (Å²) in [6.45, 7) is 5.59. The van der Waals surface area contributed by atoms with Gasteiger partial charge in [-0.3, -0.25) is 4.90 Å². The van der Waals surface area contributed by atoms with E-state index in [9.17, 15) is 9.59 Å². The van der Waals surface area contributed by atoms with Gasteiger partial charge in [0.1, 0.15) is 5.60 Å².